The number of pyridine rings is 1. The molecule has 1 aliphatic heterocycles. The Kier molecular flexibility index (Phi) is 6.36. The van der Waals surface area contributed by atoms with E-state index in [4.69, 9.17) is 4.74 Å². The second kappa shape index (κ2) is 8.93. The first-order valence-electron chi connectivity index (χ1n) is 8.93. The Balaban J connectivity index is 1.65. The predicted molar refractivity (Wildman–Crippen MR) is 111 cm³/mol. The standard InChI is InChI=1S/C21H23N3O3S/c1-14-15(2)21(28-13-19(25)23-18-6-4-5-11-22-18)24(20(14)26)12-16-7-9-17(27-3)10-8-16/h4-11,21H,12-13H2,1-3H3,(H,22,23,25). The van der Waals surface area contributed by atoms with Crippen LogP contribution in [-0.4, -0.2) is 39.9 Å². The normalized spacial score (nSPS) is 16.5. The van der Waals surface area contributed by atoms with E-state index in [0.717, 1.165) is 22.5 Å². The Labute approximate surface area is 169 Å². The van der Waals surface area contributed by atoms with E-state index in [1.54, 1.807) is 25.4 Å². The van der Waals surface area contributed by atoms with Crippen LogP contribution in [0.5, 0.6) is 5.75 Å². The predicted octanol–water partition coefficient (Wildman–Crippen LogP) is 3.47. The van der Waals surface area contributed by atoms with Gasteiger partial charge in [0.05, 0.1) is 12.9 Å². The zero-order valence-corrected chi connectivity index (χ0v) is 17.0. The zero-order chi connectivity index (χ0) is 20.1. The van der Waals surface area contributed by atoms with Crippen LogP contribution in [0.3, 0.4) is 0 Å². The number of benzene rings is 1. The molecule has 1 aliphatic rings. The molecule has 2 amide bonds. The van der Waals surface area contributed by atoms with Crippen LogP contribution in [0.1, 0.15) is 19.4 Å². The molecule has 6 nitrogen and oxygen atoms in total. The lowest BCUT2D eigenvalue weighted by Gasteiger charge is -2.26. The second-order valence-corrected chi connectivity index (χ2v) is 7.58. The summed E-state index contributed by atoms with van der Waals surface area (Å²) in [4.78, 5) is 30.9. The monoisotopic (exact) mass is 397 g/mol. The van der Waals surface area contributed by atoms with Gasteiger partial charge in [-0.1, -0.05) is 18.2 Å². The molecule has 2 aromatic rings. The molecule has 0 radical (unpaired) electrons. The van der Waals surface area contributed by atoms with Gasteiger partial charge in [-0.05, 0) is 49.2 Å². The van der Waals surface area contributed by atoms with Crippen molar-refractivity contribution in [1.82, 2.24) is 9.88 Å². The molecule has 0 saturated heterocycles. The summed E-state index contributed by atoms with van der Waals surface area (Å²) in [6.07, 6.45) is 1.63. The highest BCUT2D eigenvalue weighted by molar-refractivity contribution is 8.00. The third-order valence-corrected chi connectivity index (χ3v) is 6.00. The number of nitrogens with zero attached hydrogens (tertiary/aromatic N) is 2. The number of amides is 2. The number of methoxy groups -OCH3 is 1. The molecular weight excluding hydrogens is 374 g/mol. The molecule has 2 heterocycles. The van der Waals surface area contributed by atoms with Crippen LogP contribution < -0.4 is 10.1 Å². The maximum Gasteiger partial charge on any atom is 0.251 e. The molecule has 0 saturated carbocycles. The minimum atomic E-state index is -0.163. The van der Waals surface area contributed by atoms with Crippen molar-refractivity contribution in [1.29, 1.82) is 0 Å². The molecule has 1 N–H and O–H groups in total. The first kappa shape index (κ1) is 19.9. The van der Waals surface area contributed by atoms with Crippen molar-refractivity contribution in [2.45, 2.75) is 25.8 Å². The Morgan fingerprint density at radius 3 is 2.61 bits per heavy atom. The lowest BCUT2D eigenvalue weighted by molar-refractivity contribution is -0.126. The van der Waals surface area contributed by atoms with Crippen LogP contribution in [0, 0.1) is 0 Å². The molecule has 0 spiro atoms. The van der Waals surface area contributed by atoms with Crippen molar-refractivity contribution in [3.05, 3.63) is 65.4 Å². The minimum Gasteiger partial charge on any atom is -0.497 e. The van der Waals surface area contributed by atoms with Crippen LogP contribution in [0.25, 0.3) is 0 Å². The van der Waals surface area contributed by atoms with Gasteiger partial charge in [0.15, 0.2) is 0 Å². The van der Waals surface area contributed by atoms with E-state index in [2.05, 4.69) is 10.3 Å². The van der Waals surface area contributed by atoms with Gasteiger partial charge in [-0.2, -0.15) is 0 Å². The Bertz CT molecular complexity index is 882. The van der Waals surface area contributed by atoms with Crippen molar-refractivity contribution < 1.29 is 14.3 Å². The van der Waals surface area contributed by atoms with Crippen LogP contribution >= 0.6 is 11.8 Å². The molecular formula is C21H23N3O3S. The van der Waals surface area contributed by atoms with E-state index in [1.807, 2.05) is 49.1 Å². The van der Waals surface area contributed by atoms with Crippen LogP contribution in [0.15, 0.2) is 59.8 Å². The molecule has 1 unspecified atom stereocenters. The van der Waals surface area contributed by atoms with E-state index in [0.29, 0.717) is 12.4 Å². The van der Waals surface area contributed by atoms with Gasteiger partial charge < -0.3 is 15.0 Å². The summed E-state index contributed by atoms with van der Waals surface area (Å²) in [6.45, 7) is 4.28. The third kappa shape index (κ3) is 4.54. The van der Waals surface area contributed by atoms with Crippen molar-refractivity contribution >= 4 is 29.4 Å². The first-order valence-corrected chi connectivity index (χ1v) is 9.98. The molecule has 0 aliphatic carbocycles. The van der Waals surface area contributed by atoms with E-state index < -0.39 is 0 Å². The molecule has 28 heavy (non-hydrogen) atoms. The SMILES string of the molecule is COc1ccc(CN2C(=O)C(C)=C(C)C2SCC(=O)Nc2ccccn2)cc1. The highest BCUT2D eigenvalue weighted by Gasteiger charge is 2.35. The number of carbonyl (C=O) groups excluding carboxylic acids is 2. The summed E-state index contributed by atoms with van der Waals surface area (Å²) >= 11 is 1.44. The van der Waals surface area contributed by atoms with Gasteiger partial charge >= 0.3 is 0 Å². The average Bonchev–Trinajstić information content (AvgIpc) is 2.91. The van der Waals surface area contributed by atoms with Gasteiger partial charge in [-0.25, -0.2) is 4.98 Å². The van der Waals surface area contributed by atoms with Crippen LogP contribution in [-0.2, 0) is 16.1 Å². The molecule has 146 valence electrons. The molecule has 0 bridgehead atoms. The van der Waals surface area contributed by atoms with E-state index in [9.17, 15) is 9.59 Å². The summed E-state index contributed by atoms with van der Waals surface area (Å²) < 4.78 is 5.19. The van der Waals surface area contributed by atoms with Gasteiger partial charge in [0.25, 0.3) is 5.91 Å². The van der Waals surface area contributed by atoms with Crippen LogP contribution in [0.2, 0.25) is 0 Å². The van der Waals surface area contributed by atoms with Crippen molar-refractivity contribution in [2.75, 3.05) is 18.2 Å². The molecule has 7 heteroatoms. The summed E-state index contributed by atoms with van der Waals surface area (Å²) in [6, 6.07) is 13.0. The number of thioether (sulfide) groups is 1. The van der Waals surface area contributed by atoms with E-state index in [1.165, 1.54) is 11.8 Å². The number of aromatic nitrogens is 1. The first-order chi connectivity index (χ1) is 13.5. The van der Waals surface area contributed by atoms with Gasteiger partial charge in [0, 0.05) is 18.3 Å². The summed E-state index contributed by atoms with van der Waals surface area (Å²) in [5, 5.41) is 2.61. The number of carbonyl (C=O) groups is 2. The summed E-state index contributed by atoms with van der Waals surface area (Å²) in [7, 11) is 1.62. The topological polar surface area (TPSA) is 71.5 Å². The zero-order valence-electron chi connectivity index (χ0n) is 16.1. The fraction of sp³-hybridized carbons (Fsp3) is 0.286. The molecule has 3 rings (SSSR count). The van der Waals surface area contributed by atoms with Gasteiger partial charge in [-0.15, -0.1) is 11.8 Å². The number of ether oxygens (including phenoxy) is 1. The quantitative estimate of drug-likeness (QED) is 0.775. The van der Waals surface area contributed by atoms with Gasteiger partial charge in [0.2, 0.25) is 5.91 Å². The van der Waals surface area contributed by atoms with Crippen molar-refractivity contribution in [3.8, 4) is 5.75 Å². The average molecular weight is 398 g/mol. The fourth-order valence-electron chi connectivity index (χ4n) is 2.98. The number of rotatable bonds is 7. The smallest absolute Gasteiger partial charge is 0.251 e. The highest BCUT2D eigenvalue weighted by atomic mass is 32.2. The van der Waals surface area contributed by atoms with Crippen LogP contribution in [0.4, 0.5) is 5.82 Å². The minimum absolute atomic E-state index is 0.0101. The van der Waals surface area contributed by atoms with Gasteiger partial charge in [0.1, 0.15) is 16.9 Å². The van der Waals surface area contributed by atoms with Crippen molar-refractivity contribution in [2.24, 2.45) is 0 Å². The lowest BCUT2D eigenvalue weighted by atomic mass is 10.2. The lowest BCUT2D eigenvalue weighted by Crippen LogP contribution is -2.34. The maximum atomic E-state index is 12.7. The fourth-order valence-corrected chi connectivity index (χ4v) is 4.14. The molecule has 1 aromatic heterocycles. The van der Waals surface area contributed by atoms with Crippen molar-refractivity contribution in [3.63, 3.8) is 0 Å². The Morgan fingerprint density at radius 1 is 1.21 bits per heavy atom. The van der Waals surface area contributed by atoms with Gasteiger partial charge in [-0.3, -0.25) is 9.59 Å². The summed E-state index contributed by atoms with van der Waals surface area (Å²) in [5.41, 5.74) is 2.76. The summed E-state index contributed by atoms with van der Waals surface area (Å²) in [5.74, 6) is 1.40. The number of hydrogen-bond acceptors (Lipinski definition) is 5. The van der Waals surface area contributed by atoms with E-state index in [-0.39, 0.29) is 22.9 Å². The molecule has 1 aromatic carbocycles. The molecule has 1 atom stereocenters. The highest BCUT2D eigenvalue weighted by Crippen LogP contribution is 2.34. The molecule has 0 fully saturated rings. The Morgan fingerprint density at radius 2 is 1.96 bits per heavy atom. The largest absolute Gasteiger partial charge is 0.497 e. The number of anilines is 1. The Hall–Kier alpha value is -2.80. The number of hydrogen-bond donors (Lipinski definition) is 1. The number of nitrogens with one attached hydrogen (secondary N) is 1. The third-order valence-electron chi connectivity index (χ3n) is 4.64. The van der Waals surface area contributed by atoms with E-state index >= 15 is 0 Å². The maximum absolute atomic E-state index is 12.7. The second-order valence-electron chi connectivity index (χ2n) is 6.52.